The van der Waals surface area contributed by atoms with Gasteiger partial charge in [0.05, 0.1) is 10.2 Å². The molecule has 3 rings (SSSR count). The molecule has 0 aliphatic carbocycles. The van der Waals surface area contributed by atoms with Crippen molar-refractivity contribution < 1.29 is 4.79 Å². The number of hydrogen-bond acceptors (Lipinski definition) is 4. The van der Waals surface area contributed by atoms with Gasteiger partial charge in [0, 0.05) is 23.1 Å². The van der Waals surface area contributed by atoms with Gasteiger partial charge in [-0.05, 0) is 63.3 Å². The Hall–Kier alpha value is -1.47. The molecule has 0 radical (unpaired) electrons. The fourth-order valence-corrected chi connectivity index (χ4v) is 4.14. The van der Waals surface area contributed by atoms with Crippen LogP contribution in [0.2, 0.25) is 0 Å². The van der Waals surface area contributed by atoms with Gasteiger partial charge >= 0.3 is 0 Å². The van der Waals surface area contributed by atoms with Gasteiger partial charge < -0.3 is 4.90 Å². The summed E-state index contributed by atoms with van der Waals surface area (Å²) in [7, 11) is 4.02. The van der Waals surface area contributed by atoms with Gasteiger partial charge in [0.2, 0.25) is 0 Å². The zero-order valence-electron chi connectivity index (χ0n) is 15.8. The second-order valence-electron chi connectivity index (χ2n) is 6.62. The molecule has 0 saturated carbocycles. The minimum absolute atomic E-state index is 0. The van der Waals surface area contributed by atoms with E-state index in [0.29, 0.717) is 12.1 Å². The molecule has 144 valence electrons. The van der Waals surface area contributed by atoms with E-state index in [0.717, 1.165) is 26.4 Å². The van der Waals surface area contributed by atoms with Crippen LogP contribution in [0.3, 0.4) is 0 Å². The van der Waals surface area contributed by atoms with E-state index in [1.165, 1.54) is 11.1 Å². The third-order valence-electron chi connectivity index (χ3n) is 4.39. The van der Waals surface area contributed by atoms with E-state index in [1.807, 2.05) is 38.4 Å². The average molecular weight is 469 g/mol. The number of thiazole rings is 1. The number of benzene rings is 2. The monoisotopic (exact) mass is 467 g/mol. The number of aryl methyl sites for hydroxylation is 2. The van der Waals surface area contributed by atoms with Crippen LogP contribution in [-0.4, -0.2) is 43.0 Å². The lowest BCUT2D eigenvalue weighted by atomic mass is 10.1. The maximum atomic E-state index is 13.2. The molecule has 1 heterocycles. The highest BCUT2D eigenvalue weighted by Gasteiger charge is 2.22. The number of carbonyl (C=O) groups is 1. The first-order valence-electron chi connectivity index (χ1n) is 8.45. The molecule has 0 spiro atoms. The summed E-state index contributed by atoms with van der Waals surface area (Å²) in [4.78, 5) is 21.9. The molecule has 0 unspecified atom stereocenters. The van der Waals surface area contributed by atoms with Crippen molar-refractivity contribution in [2.45, 2.75) is 13.8 Å². The Morgan fingerprint density at radius 3 is 2.56 bits per heavy atom. The SMILES string of the molecule is Cc1ccc2sc(N(CCN(C)C)C(=O)c3cccc(Br)c3)nc2c1C.Cl. The van der Waals surface area contributed by atoms with Crippen molar-refractivity contribution in [3.8, 4) is 0 Å². The van der Waals surface area contributed by atoms with Crippen LogP contribution < -0.4 is 4.90 Å². The molecule has 4 nitrogen and oxygen atoms in total. The molecule has 2 aromatic carbocycles. The summed E-state index contributed by atoms with van der Waals surface area (Å²) in [5.74, 6) is -0.0263. The molecule has 0 aliphatic rings. The maximum Gasteiger partial charge on any atom is 0.260 e. The second kappa shape index (κ2) is 9.15. The number of fused-ring (bicyclic) bond motifs is 1. The standard InChI is InChI=1S/C20H22BrN3OS.ClH/c1-13-8-9-17-18(14(13)2)22-20(26-17)24(11-10-23(3)4)19(25)15-6-5-7-16(21)12-15;/h5-9,12H,10-11H2,1-4H3;1H. The number of halogens is 2. The highest BCUT2D eigenvalue weighted by molar-refractivity contribution is 9.10. The molecule has 1 aromatic heterocycles. The summed E-state index contributed by atoms with van der Waals surface area (Å²) in [6.45, 7) is 5.54. The molecule has 0 saturated heterocycles. The van der Waals surface area contributed by atoms with E-state index in [1.54, 1.807) is 16.2 Å². The summed E-state index contributed by atoms with van der Waals surface area (Å²) < 4.78 is 2.01. The highest BCUT2D eigenvalue weighted by Crippen LogP contribution is 2.32. The number of carbonyl (C=O) groups excluding carboxylic acids is 1. The topological polar surface area (TPSA) is 36.4 Å². The van der Waals surface area contributed by atoms with Gasteiger partial charge in [0.15, 0.2) is 5.13 Å². The molecule has 0 fully saturated rings. The van der Waals surface area contributed by atoms with Gasteiger partial charge in [-0.3, -0.25) is 9.69 Å². The molecule has 0 aliphatic heterocycles. The summed E-state index contributed by atoms with van der Waals surface area (Å²) in [6.07, 6.45) is 0. The van der Waals surface area contributed by atoms with Gasteiger partial charge in [-0.2, -0.15) is 0 Å². The predicted octanol–water partition coefficient (Wildman–Crippen LogP) is 5.31. The Balaban J connectivity index is 0.00000261. The summed E-state index contributed by atoms with van der Waals surface area (Å²) in [5.41, 5.74) is 4.03. The highest BCUT2D eigenvalue weighted by atomic mass is 79.9. The zero-order valence-corrected chi connectivity index (χ0v) is 19.0. The van der Waals surface area contributed by atoms with Gasteiger partial charge in [-0.15, -0.1) is 12.4 Å². The van der Waals surface area contributed by atoms with Crippen LogP contribution >= 0.6 is 39.7 Å². The predicted molar refractivity (Wildman–Crippen MR) is 121 cm³/mol. The number of anilines is 1. The van der Waals surface area contributed by atoms with Gasteiger partial charge in [0.25, 0.3) is 5.91 Å². The van der Waals surface area contributed by atoms with Crippen molar-refractivity contribution in [3.05, 3.63) is 57.6 Å². The Kier molecular flexibility index (Phi) is 7.40. The number of rotatable bonds is 5. The first-order chi connectivity index (χ1) is 12.4. The fourth-order valence-electron chi connectivity index (χ4n) is 2.69. The lowest BCUT2D eigenvalue weighted by Crippen LogP contribution is -2.36. The van der Waals surface area contributed by atoms with Gasteiger partial charge in [0.1, 0.15) is 0 Å². The second-order valence-corrected chi connectivity index (χ2v) is 8.55. The molecule has 3 aromatic rings. The number of likely N-dealkylation sites (N-methyl/N-ethyl adjacent to an activating group) is 1. The summed E-state index contributed by atoms with van der Waals surface area (Å²) in [5, 5.41) is 0.750. The lowest BCUT2D eigenvalue weighted by molar-refractivity contribution is 0.0985. The van der Waals surface area contributed by atoms with Crippen LogP contribution in [0.4, 0.5) is 5.13 Å². The van der Waals surface area contributed by atoms with Crippen LogP contribution in [-0.2, 0) is 0 Å². The number of aromatic nitrogens is 1. The smallest absolute Gasteiger partial charge is 0.260 e. The Morgan fingerprint density at radius 1 is 1.15 bits per heavy atom. The van der Waals surface area contributed by atoms with Crippen LogP contribution in [0, 0.1) is 13.8 Å². The first-order valence-corrected chi connectivity index (χ1v) is 10.1. The van der Waals surface area contributed by atoms with Crippen LogP contribution in [0.25, 0.3) is 10.2 Å². The number of nitrogens with zero attached hydrogens (tertiary/aromatic N) is 3. The summed E-state index contributed by atoms with van der Waals surface area (Å²) in [6, 6.07) is 11.7. The number of amides is 1. The Labute approximate surface area is 178 Å². The molecular formula is C20H23BrClN3OS. The third kappa shape index (κ3) is 4.88. The molecule has 7 heteroatoms. The van der Waals surface area contributed by atoms with E-state index in [4.69, 9.17) is 4.98 Å². The van der Waals surface area contributed by atoms with Crippen LogP contribution in [0.1, 0.15) is 21.5 Å². The quantitative estimate of drug-likeness (QED) is 0.509. The molecule has 1 amide bonds. The Morgan fingerprint density at radius 2 is 1.89 bits per heavy atom. The minimum Gasteiger partial charge on any atom is -0.308 e. The first kappa shape index (κ1) is 21.8. The van der Waals surface area contributed by atoms with Crippen molar-refractivity contribution >= 4 is 60.9 Å². The minimum atomic E-state index is -0.0263. The average Bonchev–Trinajstić information content (AvgIpc) is 3.02. The van der Waals surface area contributed by atoms with Crippen molar-refractivity contribution in [2.75, 3.05) is 32.1 Å². The van der Waals surface area contributed by atoms with Crippen LogP contribution in [0.5, 0.6) is 0 Å². The maximum absolute atomic E-state index is 13.2. The van der Waals surface area contributed by atoms with Gasteiger partial charge in [-0.25, -0.2) is 4.98 Å². The van der Waals surface area contributed by atoms with Gasteiger partial charge in [-0.1, -0.05) is 39.4 Å². The van der Waals surface area contributed by atoms with E-state index >= 15 is 0 Å². The normalized spacial score (nSPS) is 10.9. The lowest BCUT2D eigenvalue weighted by Gasteiger charge is -2.22. The number of hydrogen-bond donors (Lipinski definition) is 0. The van der Waals surface area contributed by atoms with E-state index in [-0.39, 0.29) is 18.3 Å². The van der Waals surface area contributed by atoms with Crippen molar-refractivity contribution in [3.63, 3.8) is 0 Å². The zero-order chi connectivity index (χ0) is 18.8. The van der Waals surface area contributed by atoms with Crippen LogP contribution in [0.15, 0.2) is 40.9 Å². The van der Waals surface area contributed by atoms with Crippen molar-refractivity contribution in [1.29, 1.82) is 0 Å². The van der Waals surface area contributed by atoms with E-state index in [9.17, 15) is 4.79 Å². The molecular weight excluding hydrogens is 446 g/mol. The van der Waals surface area contributed by atoms with Crippen molar-refractivity contribution in [1.82, 2.24) is 9.88 Å². The third-order valence-corrected chi connectivity index (χ3v) is 5.93. The molecule has 0 N–H and O–H groups in total. The Bertz CT molecular complexity index is 958. The van der Waals surface area contributed by atoms with Crippen molar-refractivity contribution in [2.24, 2.45) is 0 Å². The molecule has 0 bridgehead atoms. The molecule has 27 heavy (non-hydrogen) atoms. The summed E-state index contributed by atoms with van der Waals surface area (Å²) >= 11 is 5.02. The van der Waals surface area contributed by atoms with E-state index in [2.05, 4.69) is 46.8 Å². The molecule has 0 atom stereocenters. The fraction of sp³-hybridized carbons (Fsp3) is 0.300. The van der Waals surface area contributed by atoms with E-state index < -0.39 is 0 Å². The largest absolute Gasteiger partial charge is 0.308 e.